The molecule has 7 heteroatoms. The maximum absolute atomic E-state index is 12.3. The number of rotatable bonds is 3. The second-order valence-corrected chi connectivity index (χ2v) is 6.61. The number of carbonyl (C=O) groups excluding carboxylic acids is 2. The van der Waals surface area contributed by atoms with Gasteiger partial charge < -0.3 is 20.2 Å². The van der Waals surface area contributed by atoms with Crippen molar-refractivity contribution in [2.75, 3.05) is 39.8 Å². The second kappa shape index (κ2) is 6.16. The van der Waals surface area contributed by atoms with Crippen molar-refractivity contribution >= 4 is 11.8 Å². The van der Waals surface area contributed by atoms with Crippen LogP contribution in [0.3, 0.4) is 0 Å². The van der Waals surface area contributed by atoms with E-state index in [1.54, 1.807) is 6.07 Å². The molecular weight excluding hydrogens is 296 g/mol. The number of nitrogens with one attached hydrogen (secondary N) is 1. The van der Waals surface area contributed by atoms with Crippen LogP contribution in [-0.2, 0) is 4.79 Å². The van der Waals surface area contributed by atoms with E-state index in [0.717, 1.165) is 39.0 Å². The third kappa shape index (κ3) is 3.29. The lowest BCUT2D eigenvalue weighted by Crippen LogP contribution is -2.40. The summed E-state index contributed by atoms with van der Waals surface area (Å²) in [5.74, 6) is -0.808. The first-order valence-electron chi connectivity index (χ1n) is 7.88. The summed E-state index contributed by atoms with van der Waals surface area (Å²) in [4.78, 5) is 32.2. The average molecular weight is 318 g/mol. The van der Waals surface area contributed by atoms with Crippen LogP contribution in [0.15, 0.2) is 18.3 Å². The van der Waals surface area contributed by atoms with Gasteiger partial charge in [0.1, 0.15) is 5.75 Å². The number of pyridine rings is 1. The summed E-state index contributed by atoms with van der Waals surface area (Å²) in [6.45, 7) is 3.56. The zero-order chi connectivity index (χ0) is 16.4. The first kappa shape index (κ1) is 15.7. The first-order valence-corrected chi connectivity index (χ1v) is 7.88. The van der Waals surface area contributed by atoms with E-state index in [2.05, 4.69) is 22.2 Å². The Morgan fingerprint density at radius 3 is 2.83 bits per heavy atom. The van der Waals surface area contributed by atoms with Gasteiger partial charge in [0, 0.05) is 31.2 Å². The molecule has 1 spiro atoms. The lowest BCUT2D eigenvalue weighted by Gasteiger charge is -2.23. The molecule has 1 aromatic rings. The molecule has 2 fully saturated rings. The molecule has 124 valence electrons. The zero-order valence-electron chi connectivity index (χ0n) is 13.3. The number of likely N-dealkylation sites (tertiary alicyclic amines) is 2. The molecule has 2 amide bonds. The van der Waals surface area contributed by atoms with E-state index >= 15 is 0 Å². The van der Waals surface area contributed by atoms with Gasteiger partial charge in [-0.25, -0.2) is 4.98 Å². The normalized spacial score (nSPS) is 24.3. The molecule has 2 aliphatic rings. The van der Waals surface area contributed by atoms with Crippen molar-refractivity contribution in [3.05, 3.63) is 24.0 Å². The van der Waals surface area contributed by atoms with Crippen molar-refractivity contribution in [1.29, 1.82) is 0 Å². The number of amides is 2. The Hall–Kier alpha value is -2.15. The smallest absolute Gasteiger partial charge is 0.274 e. The molecule has 3 heterocycles. The van der Waals surface area contributed by atoms with Gasteiger partial charge in [-0.05, 0) is 38.6 Å². The largest absolute Gasteiger partial charge is 0.505 e. The quantitative estimate of drug-likeness (QED) is 0.824. The van der Waals surface area contributed by atoms with Gasteiger partial charge in [-0.1, -0.05) is 0 Å². The fourth-order valence-electron chi connectivity index (χ4n) is 3.56. The number of carbonyl (C=O) groups is 2. The van der Waals surface area contributed by atoms with Crippen molar-refractivity contribution in [3.8, 4) is 5.75 Å². The van der Waals surface area contributed by atoms with Crippen LogP contribution in [-0.4, -0.2) is 71.5 Å². The van der Waals surface area contributed by atoms with Crippen molar-refractivity contribution in [3.63, 3.8) is 0 Å². The highest BCUT2D eigenvalue weighted by molar-refractivity contribution is 5.96. The molecule has 2 N–H and O–H groups in total. The van der Waals surface area contributed by atoms with Gasteiger partial charge in [-0.15, -0.1) is 0 Å². The number of hydrogen-bond acceptors (Lipinski definition) is 5. The van der Waals surface area contributed by atoms with Crippen molar-refractivity contribution in [2.45, 2.75) is 12.8 Å². The molecule has 1 aromatic heterocycles. The number of aromatic nitrogens is 1. The summed E-state index contributed by atoms with van der Waals surface area (Å²) in [7, 11) is 2.11. The van der Waals surface area contributed by atoms with Crippen molar-refractivity contribution < 1.29 is 14.7 Å². The molecule has 1 unspecified atom stereocenters. The molecule has 2 saturated heterocycles. The van der Waals surface area contributed by atoms with Crippen LogP contribution in [0.1, 0.15) is 23.3 Å². The van der Waals surface area contributed by atoms with Crippen molar-refractivity contribution in [1.82, 2.24) is 20.1 Å². The molecule has 0 aliphatic carbocycles. The maximum atomic E-state index is 12.3. The molecule has 0 bridgehead atoms. The molecule has 0 saturated carbocycles. The highest BCUT2D eigenvalue weighted by atomic mass is 16.3. The third-order valence-corrected chi connectivity index (χ3v) is 4.82. The molecule has 3 rings (SSSR count). The molecule has 0 radical (unpaired) electrons. The van der Waals surface area contributed by atoms with Gasteiger partial charge in [0.2, 0.25) is 5.91 Å². The van der Waals surface area contributed by atoms with Crippen LogP contribution in [0, 0.1) is 5.41 Å². The van der Waals surface area contributed by atoms with Crippen LogP contribution in [0.4, 0.5) is 0 Å². The Morgan fingerprint density at radius 1 is 1.35 bits per heavy atom. The van der Waals surface area contributed by atoms with Crippen LogP contribution in [0.5, 0.6) is 5.75 Å². The fourth-order valence-corrected chi connectivity index (χ4v) is 3.56. The lowest BCUT2D eigenvalue weighted by molar-refractivity contribution is -0.129. The average Bonchev–Trinajstić information content (AvgIpc) is 3.11. The molecule has 7 nitrogen and oxygen atoms in total. The summed E-state index contributed by atoms with van der Waals surface area (Å²) < 4.78 is 0. The van der Waals surface area contributed by atoms with Crippen LogP contribution >= 0.6 is 0 Å². The Morgan fingerprint density at radius 2 is 2.13 bits per heavy atom. The summed E-state index contributed by atoms with van der Waals surface area (Å²) in [6, 6.07) is 2.93. The molecule has 0 aromatic carbocycles. The monoisotopic (exact) mass is 318 g/mol. The van der Waals surface area contributed by atoms with Gasteiger partial charge in [0.05, 0.1) is 6.54 Å². The fraction of sp³-hybridized carbons (Fsp3) is 0.562. The van der Waals surface area contributed by atoms with E-state index < -0.39 is 5.91 Å². The summed E-state index contributed by atoms with van der Waals surface area (Å²) >= 11 is 0. The highest BCUT2D eigenvalue weighted by Crippen LogP contribution is 2.38. The van der Waals surface area contributed by atoms with Gasteiger partial charge in [0.25, 0.3) is 5.91 Å². The summed E-state index contributed by atoms with van der Waals surface area (Å²) in [6.07, 6.45) is 3.58. The SMILES string of the molecule is CN1CCC2(CCN(C(=O)CNC(=O)c3ncccc3O)C2)C1. The minimum absolute atomic E-state index is 0.0596. The summed E-state index contributed by atoms with van der Waals surface area (Å²) in [5.41, 5.74) is 0.170. The number of hydrogen-bond donors (Lipinski definition) is 2. The second-order valence-electron chi connectivity index (χ2n) is 6.61. The van der Waals surface area contributed by atoms with E-state index in [9.17, 15) is 14.7 Å². The van der Waals surface area contributed by atoms with E-state index in [1.807, 2.05) is 4.90 Å². The van der Waals surface area contributed by atoms with Gasteiger partial charge in [-0.3, -0.25) is 9.59 Å². The number of aromatic hydroxyl groups is 1. The van der Waals surface area contributed by atoms with E-state index in [1.165, 1.54) is 12.3 Å². The minimum Gasteiger partial charge on any atom is -0.505 e. The molecule has 23 heavy (non-hydrogen) atoms. The predicted octanol–water partition coefficient (Wildman–Crippen LogP) is 0.0712. The Bertz CT molecular complexity index is 621. The van der Waals surface area contributed by atoms with Gasteiger partial charge in [-0.2, -0.15) is 0 Å². The first-order chi connectivity index (χ1) is 11.0. The number of nitrogens with zero attached hydrogens (tertiary/aromatic N) is 3. The maximum Gasteiger partial charge on any atom is 0.274 e. The Labute approximate surface area is 135 Å². The Balaban J connectivity index is 1.52. The topological polar surface area (TPSA) is 85.8 Å². The lowest BCUT2D eigenvalue weighted by atomic mass is 9.86. The van der Waals surface area contributed by atoms with Crippen LogP contribution < -0.4 is 5.32 Å². The molecule has 2 aliphatic heterocycles. The van der Waals surface area contributed by atoms with E-state index in [-0.39, 0.29) is 29.3 Å². The third-order valence-electron chi connectivity index (χ3n) is 4.82. The summed E-state index contributed by atoms with van der Waals surface area (Å²) in [5, 5.41) is 12.1. The van der Waals surface area contributed by atoms with E-state index in [4.69, 9.17) is 0 Å². The highest BCUT2D eigenvalue weighted by Gasteiger charge is 2.43. The minimum atomic E-state index is -0.536. The van der Waals surface area contributed by atoms with Gasteiger partial charge >= 0.3 is 0 Å². The predicted molar refractivity (Wildman–Crippen MR) is 84.0 cm³/mol. The van der Waals surface area contributed by atoms with E-state index in [0.29, 0.717) is 0 Å². The van der Waals surface area contributed by atoms with Crippen LogP contribution in [0.2, 0.25) is 0 Å². The van der Waals surface area contributed by atoms with Crippen molar-refractivity contribution in [2.24, 2.45) is 5.41 Å². The molecule has 1 atom stereocenters. The zero-order valence-corrected chi connectivity index (χ0v) is 13.3. The Kier molecular flexibility index (Phi) is 4.21. The van der Waals surface area contributed by atoms with Gasteiger partial charge in [0.15, 0.2) is 5.69 Å². The standard InChI is InChI=1S/C16H22N4O3/c1-19-7-4-16(10-19)5-8-20(11-16)13(22)9-18-15(23)14-12(21)3-2-6-17-14/h2-3,6,21H,4-5,7-11H2,1H3,(H,18,23). The molecular formula is C16H22N4O3. The van der Waals surface area contributed by atoms with Crippen LogP contribution in [0.25, 0.3) is 0 Å².